The maximum Gasteiger partial charge on any atom is 0.191 e. The number of hydrogen-bond acceptors (Lipinski definition) is 6. The number of halogens is 1. The zero-order chi connectivity index (χ0) is 17.9. The number of hydrogen-bond donors (Lipinski definition) is 2. The third kappa shape index (κ3) is 8.83. The quantitative estimate of drug-likeness (QED) is 0.237. The summed E-state index contributed by atoms with van der Waals surface area (Å²) in [5.41, 5.74) is 0.994. The Kier molecular flexibility index (Phi) is 12.2. The van der Waals surface area contributed by atoms with Crippen LogP contribution in [0.25, 0.3) is 0 Å². The van der Waals surface area contributed by atoms with Crippen LogP contribution in [0.1, 0.15) is 31.9 Å². The molecule has 9 heteroatoms. The number of aromatic nitrogens is 1. The van der Waals surface area contributed by atoms with Crippen molar-refractivity contribution in [3.63, 3.8) is 0 Å². The molecule has 2 rings (SSSR count). The van der Waals surface area contributed by atoms with Gasteiger partial charge in [-0.15, -0.1) is 35.3 Å². The molecule has 0 saturated carbocycles. The highest BCUT2D eigenvalue weighted by Crippen LogP contribution is 2.18. The molecule has 1 aliphatic heterocycles. The van der Waals surface area contributed by atoms with Crippen molar-refractivity contribution in [3.8, 4) is 0 Å². The number of ether oxygens (including phenoxy) is 2. The normalized spacial score (nSPS) is 15.4. The highest BCUT2D eigenvalue weighted by molar-refractivity contribution is 14.0. The monoisotopic (exact) mass is 497 g/mol. The first-order chi connectivity index (χ1) is 12.2. The molecule has 0 radical (unpaired) electrons. The van der Waals surface area contributed by atoms with Crippen molar-refractivity contribution in [3.05, 3.63) is 11.1 Å². The van der Waals surface area contributed by atoms with E-state index in [9.17, 15) is 0 Å². The first-order valence-corrected chi connectivity index (χ1v) is 9.90. The zero-order valence-electron chi connectivity index (χ0n) is 16.0. The third-order valence-electron chi connectivity index (χ3n) is 3.80. The van der Waals surface area contributed by atoms with Crippen LogP contribution in [0.4, 0.5) is 5.13 Å². The number of aliphatic imine (C=N–C) groups is 1. The molecule has 0 amide bonds. The van der Waals surface area contributed by atoms with E-state index in [0.717, 1.165) is 69.0 Å². The summed E-state index contributed by atoms with van der Waals surface area (Å²) in [5, 5.41) is 9.69. The first-order valence-electron chi connectivity index (χ1n) is 9.02. The number of rotatable bonds is 9. The largest absolute Gasteiger partial charge is 0.381 e. The summed E-state index contributed by atoms with van der Waals surface area (Å²) in [6.07, 6.45) is 3.36. The molecule has 1 aliphatic rings. The fourth-order valence-electron chi connectivity index (χ4n) is 2.45. The van der Waals surface area contributed by atoms with E-state index in [1.165, 1.54) is 0 Å². The first kappa shape index (κ1) is 23.4. The Morgan fingerprint density at radius 2 is 2.15 bits per heavy atom. The van der Waals surface area contributed by atoms with Crippen LogP contribution in [-0.2, 0) is 16.0 Å². The summed E-state index contributed by atoms with van der Waals surface area (Å²) in [6, 6.07) is 0. The van der Waals surface area contributed by atoms with Crippen molar-refractivity contribution >= 4 is 46.4 Å². The minimum absolute atomic E-state index is 0. The number of nitrogens with one attached hydrogen (secondary N) is 2. The molecule has 0 spiro atoms. The van der Waals surface area contributed by atoms with Crippen LogP contribution < -0.4 is 15.5 Å². The standard InChI is InChI=1S/C17H31N5O2S.HI/c1-4-18-16(20-12-14-13-25-17(21-14)22(2)3)19-8-5-9-24-15-6-10-23-11-7-15;/h13,15H,4-12H2,1-3H3,(H2,18,19,20);1H. The third-order valence-corrected chi connectivity index (χ3v) is 4.86. The van der Waals surface area contributed by atoms with E-state index in [2.05, 4.69) is 32.9 Å². The smallest absolute Gasteiger partial charge is 0.191 e. The fraction of sp³-hybridized carbons (Fsp3) is 0.765. The second-order valence-electron chi connectivity index (χ2n) is 6.17. The van der Waals surface area contributed by atoms with Crippen molar-refractivity contribution in [2.24, 2.45) is 4.99 Å². The molecule has 2 N–H and O–H groups in total. The van der Waals surface area contributed by atoms with Gasteiger partial charge in [0.05, 0.1) is 18.3 Å². The van der Waals surface area contributed by atoms with Crippen LogP contribution in [0.5, 0.6) is 0 Å². The lowest BCUT2D eigenvalue weighted by molar-refractivity contribution is -0.0320. The van der Waals surface area contributed by atoms with Crippen molar-refractivity contribution in [1.82, 2.24) is 15.6 Å². The van der Waals surface area contributed by atoms with Gasteiger partial charge in [0.2, 0.25) is 0 Å². The van der Waals surface area contributed by atoms with Gasteiger partial charge < -0.3 is 25.0 Å². The second-order valence-corrected chi connectivity index (χ2v) is 7.01. The van der Waals surface area contributed by atoms with Gasteiger partial charge in [0.1, 0.15) is 0 Å². The van der Waals surface area contributed by atoms with Gasteiger partial charge in [0.25, 0.3) is 0 Å². The lowest BCUT2D eigenvalue weighted by Gasteiger charge is -2.22. The Labute approximate surface area is 178 Å². The maximum atomic E-state index is 5.89. The SMILES string of the molecule is CCNC(=NCc1csc(N(C)C)n1)NCCCOC1CCOCC1.I. The van der Waals surface area contributed by atoms with Crippen LogP contribution in [0.3, 0.4) is 0 Å². The molecule has 1 saturated heterocycles. The molecule has 0 unspecified atom stereocenters. The number of guanidine groups is 1. The summed E-state index contributed by atoms with van der Waals surface area (Å²) >= 11 is 1.64. The molecule has 150 valence electrons. The Morgan fingerprint density at radius 3 is 2.81 bits per heavy atom. The average molecular weight is 497 g/mol. The predicted octanol–water partition coefficient (Wildman–Crippen LogP) is 2.47. The van der Waals surface area contributed by atoms with Crippen LogP contribution in [0.15, 0.2) is 10.4 Å². The molecule has 7 nitrogen and oxygen atoms in total. The number of thiazole rings is 1. The van der Waals surface area contributed by atoms with Gasteiger partial charge in [-0.25, -0.2) is 9.98 Å². The summed E-state index contributed by atoms with van der Waals surface area (Å²) in [4.78, 5) is 11.2. The van der Waals surface area contributed by atoms with Crippen molar-refractivity contribution in [2.75, 3.05) is 51.9 Å². The molecule has 0 aliphatic carbocycles. The average Bonchev–Trinajstić information content (AvgIpc) is 3.09. The number of anilines is 1. The minimum Gasteiger partial charge on any atom is -0.381 e. The Morgan fingerprint density at radius 1 is 1.38 bits per heavy atom. The summed E-state index contributed by atoms with van der Waals surface area (Å²) < 4.78 is 11.2. The number of nitrogens with zero attached hydrogens (tertiary/aromatic N) is 3. The van der Waals surface area contributed by atoms with Crippen molar-refractivity contribution in [1.29, 1.82) is 0 Å². The molecular weight excluding hydrogens is 465 g/mol. The van der Waals surface area contributed by atoms with Crippen LogP contribution in [-0.4, -0.2) is 64.1 Å². The highest BCUT2D eigenvalue weighted by Gasteiger charge is 2.13. The molecule has 1 aromatic heterocycles. The molecule has 0 atom stereocenters. The van der Waals surface area contributed by atoms with E-state index in [4.69, 9.17) is 9.47 Å². The lowest BCUT2D eigenvalue weighted by Crippen LogP contribution is -2.38. The van der Waals surface area contributed by atoms with Crippen LogP contribution in [0, 0.1) is 0 Å². The van der Waals surface area contributed by atoms with Gasteiger partial charge in [-0.3, -0.25) is 0 Å². The van der Waals surface area contributed by atoms with E-state index < -0.39 is 0 Å². The summed E-state index contributed by atoms with van der Waals surface area (Å²) in [6.45, 7) is 6.75. The van der Waals surface area contributed by atoms with Gasteiger partial charge in [-0.1, -0.05) is 0 Å². The van der Waals surface area contributed by atoms with E-state index in [-0.39, 0.29) is 24.0 Å². The van der Waals surface area contributed by atoms with Crippen LogP contribution in [0.2, 0.25) is 0 Å². The topological polar surface area (TPSA) is 71.0 Å². The summed E-state index contributed by atoms with van der Waals surface area (Å²) in [7, 11) is 4.00. The Bertz CT molecular complexity index is 521. The highest BCUT2D eigenvalue weighted by atomic mass is 127. The minimum atomic E-state index is 0. The van der Waals surface area contributed by atoms with Crippen molar-refractivity contribution < 1.29 is 9.47 Å². The van der Waals surface area contributed by atoms with Crippen LogP contribution >= 0.6 is 35.3 Å². The van der Waals surface area contributed by atoms with Gasteiger partial charge >= 0.3 is 0 Å². The predicted molar refractivity (Wildman–Crippen MR) is 119 cm³/mol. The summed E-state index contributed by atoms with van der Waals surface area (Å²) in [5.74, 6) is 0.827. The molecule has 0 aromatic carbocycles. The molecule has 26 heavy (non-hydrogen) atoms. The van der Waals surface area contributed by atoms with Gasteiger partial charge in [-0.2, -0.15) is 0 Å². The maximum absolute atomic E-state index is 5.89. The van der Waals surface area contributed by atoms with E-state index in [0.29, 0.717) is 12.6 Å². The zero-order valence-corrected chi connectivity index (χ0v) is 19.1. The van der Waals surface area contributed by atoms with E-state index in [1.807, 2.05) is 19.0 Å². The molecule has 1 fully saturated rings. The van der Waals surface area contributed by atoms with Gasteiger partial charge in [0.15, 0.2) is 11.1 Å². The van der Waals surface area contributed by atoms with E-state index >= 15 is 0 Å². The van der Waals surface area contributed by atoms with E-state index in [1.54, 1.807) is 11.3 Å². The van der Waals surface area contributed by atoms with Crippen molar-refractivity contribution in [2.45, 2.75) is 38.8 Å². The lowest BCUT2D eigenvalue weighted by atomic mass is 10.1. The molecule has 1 aromatic rings. The van der Waals surface area contributed by atoms with Gasteiger partial charge in [0, 0.05) is 52.4 Å². The molecule has 2 heterocycles. The Hall–Kier alpha value is -0.650. The molecular formula is C17H32IN5O2S. The second kappa shape index (κ2) is 13.5. The van der Waals surface area contributed by atoms with Gasteiger partial charge in [-0.05, 0) is 26.2 Å². The fourth-order valence-corrected chi connectivity index (χ4v) is 3.20. The Balaban J connectivity index is 0.00000338. The molecule has 0 bridgehead atoms.